The van der Waals surface area contributed by atoms with Gasteiger partial charge in [0, 0.05) is 6.20 Å². The van der Waals surface area contributed by atoms with Crippen LogP contribution in [0, 0.1) is 13.8 Å². The van der Waals surface area contributed by atoms with Gasteiger partial charge in [0.05, 0.1) is 17.9 Å². The second kappa shape index (κ2) is 6.48. The molecule has 0 saturated carbocycles. The van der Waals surface area contributed by atoms with Crippen LogP contribution in [0.5, 0.6) is 0 Å². The van der Waals surface area contributed by atoms with Crippen molar-refractivity contribution in [1.82, 2.24) is 10.3 Å². The summed E-state index contributed by atoms with van der Waals surface area (Å²) in [6, 6.07) is 10.4. The number of aryl methyl sites for hydroxylation is 2. The lowest BCUT2D eigenvalue weighted by Crippen LogP contribution is -2.30. The molecule has 1 aromatic carbocycles. The lowest BCUT2D eigenvalue weighted by molar-refractivity contribution is 0.721. The van der Waals surface area contributed by atoms with Crippen molar-refractivity contribution < 1.29 is 0 Å². The highest BCUT2D eigenvalue weighted by molar-refractivity contribution is 7.80. The minimum absolute atomic E-state index is 0.158. The molecule has 1 unspecified atom stereocenters. The molecule has 0 aliphatic rings. The first-order chi connectivity index (χ1) is 9.56. The summed E-state index contributed by atoms with van der Waals surface area (Å²) >= 11 is 5.32. The minimum Gasteiger partial charge on any atom is -0.356 e. The third-order valence-corrected chi connectivity index (χ3v) is 3.52. The van der Waals surface area contributed by atoms with E-state index >= 15 is 0 Å². The fourth-order valence-electron chi connectivity index (χ4n) is 1.92. The highest BCUT2D eigenvalue weighted by Gasteiger charge is 2.08. The molecule has 0 radical (unpaired) electrons. The largest absolute Gasteiger partial charge is 0.356 e. The van der Waals surface area contributed by atoms with Gasteiger partial charge >= 0.3 is 0 Å². The molecule has 0 aliphatic carbocycles. The van der Waals surface area contributed by atoms with E-state index in [1.165, 1.54) is 16.7 Å². The minimum atomic E-state index is 0.158. The molecule has 1 heterocycles. The molecule has 4 heteroatoms. The van der Waals surface area contributed by atoms with E-state index in [9.17, 15) is 0 Å². The van der Waals surface area contributed by atoms with Crippen molar-refractivity contribution in [1.29, 1.82) is 0 Å². The number of benzene rings is 1. The number of hydrogen-bond donors (Lipinski definition) is 2. The Kier molecular flexibility index (Phi) is 4.69. The summed E-state index contributed by atoms with van der Waals surface area (Å²) in [5.41, 5.74) is 4.71. The van der Waals surface area contributed by atoms with Crippen molar-refractivity contribution in [2.24, 2.45) is 0 Å². The third kappa shape index (κ3) is 3.78. The molecule has 0 aliphatic heterocycles. The molecule has 0 spiro atoms. The third-order valence-electron chi connectivity index (χ3n) is 3.30. The zero-order valence-corrected chi connectivity index (χ0v) is 12.8. The van der Waals surface area contributed by atoms with E-state index in [1.54, 1.807) is 12.4 Å². The van der Waals surface area contributed by atoms with Crippen LogP contribution in [0.1, 0.15) is 29.7 Å². The predicted octanol–water partition coefficient (Wildman–Crippen LogP) is 3.75. The normalized spacial score (nSPS) is 11.8. The van der Waals surface area contributed by atoms with Crippen molar-refractivity contribution in [2.75, 3.05) is 5.32 Å². The summed E-state index contributed by atoms with van der Waals surface area (Å²) in [5.74, 6) is 0. The molecule has 3 nitrogen and oxygen atoms in total. The van der Waals surface area contributed by atoms with Crippen molar-refractivity contribution in [3.63, 3.8) is 0 Å². The average molecular weight is 285 g/mol. The molecule has 2 N–H and O–H groups in total. The first-order valence-corrected chi connectivity index (χ1v) is 7.02. The van der Waals surface area contributed by atoms with E-state index in [-0.39, 0.29) is 6.04 Å². The lowest BCUT2D eigenvalue weighted by Gasteiger charge is -2.18. The van der Waals surface area contributed by atoms with Gasteiger partial charge in [-0.05, 0) is 61.8 Å². The summed E-state index contributed by atoms with van der Waals surface area (Å²) in [7, 11) is 0. The molecule has 1 aromatic heterocycles. The monoisotopic (exact) mass is 285 g/mol. The van der Waals surface area contributed by atoms with Crippen LogP contribution in [0.2, 0.25) is 0 Å². The Morgan fingerprint density at radius 3 is 2.65 bits per heavy atom. The van der Waals surface area contributed by atoms with Crippen molar-refractivity contribution >= 4 is 23.0 Å². The fourth-order valence-corrected chi connectivity index (χ4v) is 2.21. The maximum absolute atomic E-state index is 5.32. The second-order valence-electron chi connectivity index (χ2n) is 4.91. The maximum Gasteiger partial charge on any atom is 0.171 e. The lowest BCUT2D eigenvalue weighted by atomic mass is 10.0. The Morgan fingerprint density at radius 1 is 1.20 bits per heavy atom. The SMILES string of the molecule is Cc1ccc(C(C)NC(=S)Nc2cccnc2)cc1C. The second-order valence-corrected chi connectivity index (χ2v) is 5.31. The van der Waals surface area contributed by atoms with Crippen LogP contribution >= 0.6 is 12.2 Å². The van der Waals surface area contributed by atoms with E-state index in [2.05, 4.69) is 54.6 Å². The number of anilines is 1. The number of thiocarbonyl (C=S) groups is 1. The van der Waals surface area contributed by atoms with Gasteiger partial charge in [-0.3, -0.25) is 4.98 Å². The molecule has 20 heavy (non-hydrogen) atoms. The van der Waals surface area contributed by atoms with Gasteiger partial charge in [-0.15, -0.1) is 0 Å². The smallest absolute Gasteiger partial charge is 0.171 e. The average Bonchev–Trinajstić information content (AvgIpc) is 2.42. The van der Waals surface area contributed by atoms with Crippen molar-refractivity contribution in [2.45, 2.75) is 26.8 Å². The van der Waals surface area contributed by atoms with Gasteiger partial charge in [0.25, 0.3) is 0 Å². The summed E-state index contributed by atoms with van der Waals surface area (Å²) in [6.07, 6.45) is 3.48. The summed E-state index contributed by atoms with van der Waals surface area (Å²) in [5, 5.41) is 7.01. The molecule has 0 fully saturated rings. The Labute approximate surface area is 125 Å². The van der Waals surface area contributed by atoms with E-state index in [1.807, 2.05) is 12.1 Å². The van der Waals surface area contributed by atoms with Gasteiger partial charge < -0.3 is 10.6 Å². The molecule has 104 valence electrons. The maximum atomic E-state index is 5.32. The summed E-state index contributed by atoms with van der Waals surface area (Å²) in [6.45, 7) is 6.34. The van der Waals surface area contributed by atoms with Crippen LogP contribution in [0.3, 0.4) is 0 Å². The molecule has 0 bridgehead atoms. The van der Waals surface area contributed by atoms with Crippen LogP contribution in [0.15, 0.2) is 42.7 Å². The molecule has 1 atom stereocenters. The Morgan fingerprint density at radius 2 is 2.00 bits per heavy atom. The van der Waals surface area contributed by atoms with E-state index in [0.29, 0.717) is 5.11 Å². The van der Waals surface area contributed by atoms with Gasteiger partial charge in [0.2, 0.25) is 0 Å². The predicted molar refractivity (Wildman–Crippen MR) is 87.9 cm³/mol. The van der Waals surface area contributed by atoms with Crippen LogP contribution in [0.4, 0.5) is 5.69 Å². The fraction of sp³-hybridized carbons (Fsp3) is 0.250. The molecular formula is C16H19N3S. The quantitative estimate of drug-likeness (QED) is 0.842. The summed E-state index contributed by atoms with van der Waals surface area (Å²) < 4.78 is 0. The number of pyridine rings is 1. The standard InChI is InChI=1S/C16H19N3S/c1-11-6-7-14(9-12(11)2)13(3)18-16(20)19-15-5-4-8-17-10-15/h4-10,13H,1-3H3,(H2,18,19,20). The van der Waals surface area contributed by atoms with Crippen molar-refractivity contribution in [3.8, 4) is 0 Å². The van der Waals surface area contributed by atoms with Crippen LogP contribution in [-0.2, 0) is 0 Å². The van der Waals surface area contributed by atoms with Crippen LogP contribution in [0.25, 0.3) is 0 Å². The first-order valence-electron chi connectivity index (χ1n) is 6.61. The molecule has 2 aromatic rings. The Balaban J connectivity index is 1.98. The number of rotatable bonds is 3. The van der Waals surface area contributed by atoms with Gasteiger partial charge in [0.15, 0.2) is 5.11 Å². The molecule has 0 amide bonds. The number of nitrogens with zero attached hydrogens (tertiary/aromatic N) is 1. The molecule has 0 saturated heterocycles. The zero-order valence-electron chi connectivity index (χ0n) is 12.0. The van der Waals surface area contributed by atoms with Crippen LogP contribution in [-0.4, -0.2) is 10.1 Å². The zero-order chi connectivity index (χ0) is 14.5. The van der Waals surface area contributed by atoms with E-state index < -0.39 is 0 Å². The molecular weight excluding hydrogens is 266 g/mol. The van der Waals surface area contributed by atoms with Gasteiger partial charge in [-0.1, -0.05) is 18.2 Å². The molecule has 2 rings (SSSR count). The highest BCUT2D eigenvalue weighted by atomic mass is 32.1. The number of aromatic nitrogens is 1. The van der Waals surface area contributed by atoms with Crippen molar-refractivity contribution in [3.05, 3.63) is 59.4 Å². The topological polar surface area (TPSA) is 37.0 Å². The highest BCUT2D eigenvalue weighted by Crippen LogP contribution is 2.17. The number of nitrogens with one attached hydrogen (secondary N) is 2. The van der Waals surface area contributed by atoms with Gasteiger partial charge in [-0.25, -0.2) is 0 Å². The summed E-state index contributed by atoms with van der Waals surface area (Å²) in [4.78, 5) is 4.05. The van der Waals surface area contributed by atoms with Gasteiger partial charge in [-0.2, -0.15) is 0 Å². The van der Waals surface area contributed by atoms with E-state index in [0.717, 1.165) is 5.69 Å². The number of hydrogen-bond acceptors (Lipinski definition) is 2. The van der Waals surface area contributed by atoms with E-state index in [4.69, 9.17) is 12.2 Å². The van der Waals surface area contributed by atoms with Crippen LogP contribution < -0.4 is 10.6 Å². The first kappa shape index (κ1) is 14.5. The Bertz CT molecular complexity index is 596. The van der Waals surface area contributed by atoms with Gasteiger partial charge in [0.1, 0.15) is 0 Å². The Hall–Kier alpha value is -1.94.